The monoisotopic (exact) mass is 166 g/mol. The standard InChI is InChI=1S/C11H18O/c1-7(2)9-5-10-11(4,12-10)6-8(9)3/h8-10H,1,5-6H2,2-4H3. The number of epoxide rings is 1. The van der Waals surface area contributed by atoms with Crippen molar-refractivity contribution in [1.82, 2.24) is 0 Å². The Hall–Kier alpha value is -0.300. The van der Waals surface area contributed by atoms with Crippen LogP contribution in [-0.4, -0.2) is 11.7 Å². The lowest BCUT2D eigenvalue weighted by Gasteiger charge is -2.29. The third kappa shape index (κ3) is 1.11. The molecule has 1 heteroatoms. The first-order valence-corrected chi connectivity index (χ1v) is 4.86. The summed E-state index contributed by atoms with van der Waals surface area (Å²) in [6.45, 7) is 10.8. The lowest BCUT2D eigenvalue weighted by Crippen LogP contribution is -2.28. The molecule has 0 bridgehead atoms. The van der Waals surface area contributed by atoms with E-state index in [0.717, 1.165) is 5.92 Å². The van der Waals surface area contributed by atoms with Gasteiger partial charge in [-0.15, -0.1) is 0 Å². The van der Waals surface area contributed by atoms with Gasteiger partial charge in [0.1, 0.15) is 0 Å². The topological polar surface area (TPSA) is 12.5 Å². The Morgan fingerprint density at radius 2 is 2.25 bits per heavy atom. The van der Waals surface area contributed by atoms with Crippen LogP contribution in [0.4, 0.5) is 0 Å². The van der Waals surface area contributed by atoms with Gasteiger partial charge in [0.2, 0.25) is 0 Å². The minimum absolute atomic E-state index is 0.241. The van der Waals surface area contributed by atoms with Gasteiger partial charge in [0, 0.05) is 0 Å². The zero-order valence-corrected chi connectivity index (χ0v) is 8.26. The fourth-order valence-corrected chi connectivity index (χ4v) is 2.70. The number of ether oxygens (including phenoxy) is 1. The zero-order chi connectivity index (χ0) is 8.93. The van der Waals surface area contributed by atoms with Crippen LogP contribution in [0.3, 0.4) is 0 Å². The minimum Gasteiger partial charge on any atom is -0.366 e. The molecule has 0 aromatic rings. The lowest BCUT2D eigenvalue weighted by molar-refractivity contribution is 0.260. The second-order valence-electron chi connectivity index (χ2n) is 4.79. The molecule has 12 heavy (non-hydrogen) atoms. The SMILES string of the molecule is C=C(C)C1CC2OC2(C)CC1C. The van der Waals surface area contributed by atoms with Crippen LogP contribution in [0.15, 0.2) is 12.2 Å². The Morgan fingerprint density at radius 3 is 2.83 bits per heavy atom. The Bertz CT molecular complexity index is 221. The van der Waals surface area contributed by atoms with Crippen molar-refractivity contribution in [3.63, 3.8) is 0 Å². The summed E-state index contributed by atoms with van der Waals surface area (Å²) in [5.74, 6) is 1.46. The van der Waals surface area contributed by atoms with Gasteiger partial charge in [-0.2, -0.15) is 0 Å². The Labute approximate surface area is 74.8 Å². The van der Waals surface area contributed by atoms with E-state index in [4.69, 9.17) is 4.74 Å². The van der Waals surface area contributed by atoms with Crippen LogP contribution in [0, 0.1) is 11.8 Å². The van der Waals surface area contributed by atoms with Crippen LogP contribution in [0.2, 0.25) is 0 Å². The van der Waals surface area contributed by atoms with E-state index in [9.17, 15) is 0 Å². The van der Waals surface area contributed by atoms with Crippen molar-refractivity contribution < 1.29 is 4.74 Å². The van der Waals surface area contributed by atoms with Gasteiger partial charge >= 0.3 is 0 Å². The van der Waals surface area contributed by atoms with Gasteiger partial charge in [-0.25, -0.2) is 0 Å². The van der Waals surface area contributed by atoms with Gasteiger partial charge in [0.15, 0.2) is 0 Å². The normalized spacial score (nSPS) is 51.4. The van der Waals surface area contributed by atoms with Gasteiger partial charge in [0.25, 0.3) is 0 Å². The molecule has 1 heterocycles. The molecular formula is C11H18O. The predicted octanol–water partition coefficient (Wildman–Crippen LogP) is 2.77. The number of fused-ring (bicyclic) bond motifs is 1. The van der Waals surface area contributed by atoms with Crippen LogP contribution in [-0.2, 0) is 4.74 Å². The molecule has 1 saturated heterocycles. The number of hydrogen-bond donors (Lipinski definition) is 0. The molecule has 2 rings (SSSR count). The first-order valence-electron chi connectivity index (χ1n) is 4.86. The molecule has 0 aromatic carbocycles. The van der Waals surface area contributed by atoms with E-state index in [1.807, 2.05) is 0 Å². The molecule has 1 nitrogen and oxygen atoms in total. The molecule has 0 radical (unpaired) electrons. The van der Waals surface area contributed by atoms with Crippen molar-refractivity contribution in [2.45, 2.75) is 45.3 Å². The average Bonchev–Trinajstić information content (AvgIpc) is 2.56. The summed E-state index contributed by atoms with van der Waals surface area (Å²) in [5, 5.41) is 0. The molecule has 4 unspecified atom stereocenters. The van der Waals surface area contributed by atoms with E-state index < -0.39 is 0 Å². The molecule has 2 fully saturated rings. The molecule has 1 saturated carbocycles. The number of hydrogen-bond acceptors (Lipinski definition) is 1. The van der Waals surface area contributed by atoms with Crippen molar-refractivity contribution in [3.05, 3.63) is 12.2 Å². The maximum atomic E-state index is 5.68. The van der Waals surface area contributed by atoms with Gasteiger partial charge in [0.05, 0.1) is 11.7 Å². The molecule has 1 aliphatic heterocycles. The van der Waals surface area contributed by atoms with E-state index in [-0.39, 0.29) is 5.60 Å². The van der Waals surface area contributed by atoms with Crippen molar-refractivity contribution >= 4 is 0 Å². The highest BCUT2D eigenvalue weighted by Crippen LogP contribution is 2.52. The summed E-state index contributed by atoms with van der Waals surface area (Å²) in [6, 6.07) is 0. The Kier molecular flexibility index (Phi) is 1.63. The second kappa shape index (κ2) is 2.35. The molecule has 4 atom stereocenters. The molecule has 0 amide bonds. The fraction of sp³-hybridized carbons (Fsp3) is 0.818. The Morgan fingerprint density at radius 1 is 1.58 bits per heavy atom. The summed E-state index contributed by atoms with van der Waals surface area (Å²) in [6.07, 6.45) is 2.96. The van der Waals surface area contributed by atoms with Crippen molar-refractivity contribution in [2.24, 2.45) is 11.8 Å². The second-order valence-corrected chi connectivity index (χ2v) is 4.79. The third-order valence-corrected chi connectivity index (χ3v) is 3.55. The maximum absolute atomic E-state index is 5.68. The van der Waals surface area contributed by atoms with Crippen LogP contribution >= 0.6 is 0 Å². The molecule has 0 spiro atoms. The summed E-state index contributed by atoms with van der Waals surface area (Å²) >= 11 is 0. The van der Waals surface area contributed by atoms with Crippen molar-refractivity contribution in [2.75, 3.05) is 0 Å². The van der Waals surface area contributed by atoms with Crippen molar-refractivity contribution in [1.29, 1.82) is 0 Å². The van der Waals surface area contributed by atoms with Crippen LogP contribution in [0.1, 0.15) is 33.6 Å². The van der Waals surface area contributed by atoms with Crippen LogP contribution < -0.4 is 0 Å². The largest absolute Gasteiger partial charge is 0.366 e. The van der Waals surface area contributed by atoms with Crippen LogP contribution in [0.5, 0.6) is 0 Å². The van der Waals surface area contributed by atoms with E-state index in [0.29, 0.717) is 12.0 Å². The summed E-state index contributed by atoms with van der Waals surface area (Å²) in [5.41, 5.74) is 1.57. The number of allylic oxidation sites excluding steroid dienone is 1. The van der Waals surface area contributed by atoms with Gasteiger partial charge < -0.3 is 4.74 Å². The van der Waals surface area contributed by atoms with Gasteiger partial charge in [-0.3, -0.25) is 0 Å². The van der Waals surface area contributed by atoms with Gasteiger partial charge in [-0.1, -0.05) is 19.1 Å². The predicted molar refractivity (Wildman–Crippen MR) is 50.0 cm³/mol. The summed E-state index contributed by atoms with van der Waals surface area (Å²) in [4.78, 5) is 0. The van der Waals surface area contributed by atoms with Gasteiger partial charge in [-0.05, 0) is 38.5 Å². The van der Waals surface area contributed by atoms with E-state index in [1.165, 1.54) is 18.4 Å². The fourth-order valence-electron chi connectivity index (χ4n) is 2.70. The first kappa shape index (κ1) is 8.31. The molecule has 2 aliphatic rings. The van der Waals surface area contributed by atoms with Crippen LogP contribution in [0.25, 0.3) is 0 Å². The summed E-state index contributed by atoms with van der Waals surface area (Å²) in [7, 11) is 0. The smallest absolute Gasteiger partial charge is 0.0923 e. The molecule has 68 valence electrons. The first-order chi connectivity index (χ1) is 5.53. The highest BCUT2D eigenvalue weighted by atomic mass is 16.6. The zero-order valence-electron chi connectivity index (χ0n) is 8.26. The highest BCUT2D eigenvalue weighted by Gasteiger charge is 2.57. The molecular weight excluding hydrogens is 148 g/mol. The molecule has 0 N–H and O–H groups in total. The van der Waals surface area contributed by atoms with E-state index in [1.54, 1.807) is 0 Å². The van der Waals surface area contributed by atoms with Crippen molar-refractivity contribution in [3.8, 4) is 0 Å². The van der Waals surface area contributed by atoms with E-state index >= 15 is 0 Å². The molecule has 1 aliphatic carbocycles. The quantitative estimate of drug-likeness (QED) is 0.431. The molecule has 0 aromatic heterocycles. The number of rotatable bonds is 1. The van der Waals surface area contributed by atoms with E-state index in [2.05, 4.69) is 27.4 Å². The highest BCUT2D eigenvalue weighted by molar-refractivity contribution is 5.12. The third-order valence-electron chi connectivity index (χ3n) is 3.55. The Balaban J connectivity index is 2.07. The minimum atomic E-state index is 0.241. The average molecular weight is 166 g/mol. The summed E-state index contributed by atoms with van der Waals surface area (Å²) < 4.78 is 5.68. The lowest BCUT2D eigenvalue weighted by atomic mass is 9.73. The maximum Gasteiger partial charge on any atom is 0.0923 e.